The predicted molar refractivity (Wildman–Crippen MR) is 293 cm³/mol. The first-order valence-corrected chi connectivity index (χ1v) is 26.7. The summed E-state index contributed by atoms with van der Waals surface area (Å²) in [5.74, 6) is 2.05. The van der Waals surface area contributed by atoms with Crippen LogP contribution >= 0.6 is 8.60 Å². The second-order valence-corrected chi connectivity index (χ2v) is 24.3. The third-order valence-electron chi connectivity index (χ3n) is 16.6. The van der Waals surface area contributed by atoms with Crippen LogP contribution in [0.4, 0.5) is 0 Å². The van der Waals surface area contributed by atoms with E-state index in [4.69, 9.17) is 13.6 Å². The monoisotopic (exact) mass is 935 g/mol. The lowest BCUT2D eigenvalue weighted by Gasteiger charge is -2.33. The van der Waals surface area contributed by atoms with Crippen LogP contribution in [0.5, 0.6) is 17.2 Å². The molecule has 0 atom stereocenters. The zero-order chi connectivity index (χ0) is 50.2. The van der Waals surface area contributed by atoms with Crippen molar-refractivity contribution in [2.45, 2.75) is 196 Å². The fraction of sp³-hybridized carbons (Fsp3) is 0.476. The summed E-state index contributed by atoms with van der Waals surface area (Å²) in [6.07, 6.45) is 5.88. The summed E-state index contributed by atoms with van der Waals surface area (Å²) in [4.78, 5) is 13.5. The molecule has 0 bridgehead atoms. The summed E-state index contributed by atoms with van der Waals surface area (Å²) in [7, 11) is -2.13. The number of hydrogen-bond acceptors (Lipinski definition) is 4. The van der Waals surface area contributed by atoms with Gasteiger partial charge < -0.3 is 13.6 Å². The molecule has 0 amide bonds. The molecule has 0 aliphatic heterocycles. The van der Waals surface area contributed by atoms with E-state index in [1.165, 1.54) is 43.8 Å². The number of benzene rings is 6. The third kappa shape index (κ3) is 10.9. The normalized spacial score (nSPS) is 13.1. The maximum Gasteiger partial charge on any atom is 0.530 e. The topological polar surface area (TPSA) is 44.8 Å². The first kappa shape index (κ1) is 52.7. The predicted octanol–water partition coefficient (Wildman–Crippen LogP) is 19.1. The van der Waals surface area contributed by atoms with E-state index in [0.717, 1.165) is 61.2 Å². The van der Waals surface area contributed by atoms with Crippen LogP contribution in [0.1, 0.15) is 212 Å². The second kappa shape index (κ2) is 20.0. The SMILES string of the molecule is CCC(C)(C)c1cc(C(C)(C)CC)c2cc(OP(Oc3ccc(C(=O)c4ccccc4)cc3)Oc3cc4c(C(C)(C)CC)cc(C(C)(C)CC)cc4cc3C(C)(C)CC)c(C(C)(C)CC)cc2c1. The Labute approximate surface area is 413 Å². The Hall–Kier alpha value is -4.66. The maximum atomic E-state index is 13.5. The van der Waals surface area contributed by atoms with E-state index in [1.54, 1.807) is 0 Å². The van der Waals surface area contributed by atoms with Crippen LogP contribution in [-0.2, 0) is 32.5 Å². The van der Waals surface area contributed by atoms with E-state index in [0.29, 0.717) is 16.9 Å². The van der Waals surface area contributed by atoms with E-state index in [-0.39, 0.29) is 38.3 Å². The summed E-state index contributed by atoms with van der Waals surface area (Å²) in [5, 5.41) is 4.83. The minimum absolute atomic E-state index is 0.0173. The highest BCUT2D eigenvalue weighted by atomic mass is 31.2. The van der Waals surface area contributed by atoms with Crippen molar-refractivity contribution in [1.82, 2.24) is 0 Å². The lowest BCUT2D eigenvalue weighted by atomic mass is 9.73. The van der Waals surface area contributed by atoms with Crippen molar-refractivity contribution in [2.24, 2.45) is 0 Å². The molecule has 6 aromatic rings. The van der Waals surface area contributed by atoms with Gasteiger partial charge in [-0.15, -0.1) is 0 Å². The summed E-state index contributed by atoms with van der Waals surface area (Å²) in [6.45, 7) is 41.7. The van der Waals surface area contributed by atoms with E-state index in [9.17, 15) is 4.79 Å². The molecule has 0 aliphatic rings. The zero-order valence-corrected chi connectivity index (χ0v) is 46.0. The van der Waals surface area contributed by atoms with Crippen molar-refractivity contribution in [3.63, 3.8) is 0 Å². The van der Waals surface area contributed by atoms with Crippen molar-refractivity contribution in [3.05, 3.63) is 148 Å². The molecular weight excluding hydrogens is 852 g/mol. The van der Waals surface area contributed by atoms with Gasteiger partial charge in [0, 0.05) is 22.3 Å². The van der Waals surface area contributed by atoms with Gasteiger partial charge in [-0.05, 0) is 163 Å². The van der Waals surface area contributed by atoms with Crippen LogP contribution in [-0.4, -0.2) is 5.78 Å². The van der Waals surface area contributed by atoms with Gasteiger partial charge in [-0.3, -0.25) is 4.79 Å². The average Bonchev–Trinajstić information content (AvgIpc) is 3.32. The summed E-state index contributed by atoms with van der Waals surface area (Å²) >= 11 is 0. The molecule has 0 heterocycles. The Morgan fingerprint density at radius 2 is 0.750 bits per heavy atom. The van der Waals surface area contributed by atoms with Crippen molar-refractivity contribution in [3.8, 4) is 17.2 Å². The largest absolute Gasteiger partial charge is 0.530 e. The fourth-order valence-electron chi connectivity index (χ4n) is 8.79. The van der Waals surface area contributed by atoms with E-state index in [1.807, 2.05) is 54.6 Å². The molecular formula is C63H83O4P. The van der Waals surface area contributed by atoms with Crippen molar-refractivity contribution in [2.75, 3.05) is 0 Å². The molecule has 0 radical (unpaired) electrons. The molecule has 364 valence electrons. The van der Waals surface area contributed by atoms with Crippen LogP contribution in [0.15, 0.2) is 103 Å². The van der Waals surface area contributed by atoms with Gasteiger partial charge in [-0.1, -0.05) is 179 Å². The molecule has 0 fully saturated rings. The summed E-state index contributed by atoms with van der Waals surface area (Å²) in [6, 6.07) is 35.9. The highest BCUT2D eigenvalue weighted by Gasteiger charge is 2.35. The Kier molecular flexibility index (Phi) is 15.5. The van der Waals surface area contributed by atoms with Crippen molar-refractivity contribution in [1.29, 1.82) is 0 Å². The van der Waals surface area contributed by atoms with E-state index in [2.05, 4.69) is 173 Å². The molecule has 0 aromatic heterocycles. The molecule has 0 N–H and O–H groups in total. The van der Waals surface area contributed by atoms with Gasteiger partial charge in [0.2, 0.25) is 0 Å². The van der Waals surface area contributed by atoms with E-state index < -0.39 is 8.60 Å². The molecule has 5 heteroatoms. The third-order valence-corrected chi connectivity index (χ3v) is 17.6. The lowest BCUT2D eigenvalue weighted by molar-refractivity contribution is 0.103. The fourth-order valence-corrected chi connectivity index (χ4v) is 9.82. The smallest absolute Gasteiger partial charge is 0.409 e. The molecule has 0 saturated heterocycles. The molecule has 0 aliphatic carbocycles. The Morgan fingerprint density at radius 3 is 1.12 bits per heavy atom. The number of carbonyl (C=O) groups excluding carboxylic acids is 1. The van der Waals surface area contributed by atoms with Crippen molar-refractivity contribution < 1.29 is 18.4 Å². The van der Waals surface area contributed by atoms with Crippen LogP contribution < -0.4 is 13.6 Å². The van der Waals surface area contributed by atoms with Gasteiger partial charge >= 0.3 is 8.60 Å². The second-order valence-electron chi connectivity index (χ2n) is 23.3. The zero-order valence-electron chi connectivity index (χ0n) is 45.1. The van der Waals surface area contributed by atoms with Gasteiger partial charge in [0.1, 0.15) is 17.2 Å². The van der Waals surface area contributed by atoms with Gasteiger partial charge in [0.15, 0.2) is 5.78 Å². The van der Waals surface area contributed by atoms with Gasteiger partial charge in [0.25, 0.3) is 0 Å². The van der Waals surface area contributed by atoms with Gasteiger partial charge in [-0.25, -0.2) is 0 Å². The first-order valence-electron chi connectivity index (χ1n) is 25.6. The Morgan fingerprint density at radius 1 is 0.397 bits per heavy atom. The highest BCUT2D eigenvalue weighted by Crippen LogP contribution is 2.52. The quantitative estimate of drug-likeness (QED) is 0.0565. The number of hydrogen-bond donors (Lipinski definition) is 0. The molecule has 6 rings (SSSR count). The minimum atomic E-state index is -2.13. The average molecular weight is 935 g/mol. The number of fused-ring (bicyclic) bond motifs is 2. The molecule has 6 aromatic carbocycles. The number of ketones is 1. The lowest BCUT2D eigenvalue weighted by Crippen LogP contribution is -2.22. The van der Waals surface area contributed by atoms with Crippen molar-refractivity contribution >= 4 is 35.9 Å². The maximum absolute atomic E-state index is 13.5. The molecule has 0 saturated carbocycles. The van der Waals surface area contributed by atoms with Crippen LogP contribution in [0, 0.1) is 0 Å². The Bertz CT molecular complexity index is 2590. The van der Waals surface area contributed by atoms with E-state index >= 15 is 0 Å². The summed E-state index contributed by atoms with van der Waals surface area (Å²) < 4.78 is 21.8. The molecule has 0 spiro atoms. The first-order chi connectivity index (χ1) is 31.8. The minimum Gasteiger partial charge on any atom is -0.409 e. The van der Waals surface area contributed by atoms with Gasteiger partial charge in [-0.2, -0.15) is 0 Å². The molecule has 4 nitrogen and oxygen atoms in total. The molecule has 68 heavy (non-hydrogen) atoms. The highest BCUT2D eigenvalue weighted by molar-refractivity contribution is 7.43. The molecule has 0 unspecified atom stereocenters. The Balaban J connectivity index is 1.61. The summed E-state index contributed by atoms with van der Waals surface area (Å²) in [5.41, 5.74) is 8.23. The number of rotatable bonds is 20. The number of carbonyl (C=O) groups is 1. The standard InChI is InChI=1S/C63H83O4P/c1-19-58(7,8)46-34-44-36-53(62(15,16)23-5)55(40-49(44)51(38-46)60(11,12)21-3)66-68(65-48-32-30-43(31-33-48)57(64)42-28-26-25-27-29-42)67-56-41-50-45(37-54(56)63(17,18)24-6)35-47(59(9,10)20-2)39-52(50)61(13,14)22-4/h25-41H,19-24H2,1-18H3. The van der Waals surface area contributed by atoms with Crippen LogP contribution in [0.3, 0.4) is 0 Å². The van der Waals surface area contributed by atoms with Gasteiger partial charge in [0.05, 0.1) is 0 Å². The van der Waals surface area contributed by atoms with Crippen LogP contribution in [0.25, 0.3) is 21.5 Å². The van der Waals surface area contributed by atoms with Crippen LogP contribution in [0.2, 0.25) is 0 Å².